The van der Waals surface area contributed by atoms with E-state index >= 15 is 0 Å². The molecule has 0 spiro atoms. The predicted molar refractivity (Wildman–Crippen MR) is 67.2 cm³/mol. The second-order valence-electron chi connectivity index (χ2n) is 3.73. The van der Waals surface area contributed by atoms with Crippen molar-refractivity contribution in [2.24, 2.45) is 0 Å². The molecule has 1 N–H and O–H groups in total. The number of hydrogen-bond donors (Lipinski definition) is 1. The van der Waals surface area contributed by atoms with Crippen LogP contribution in [0.4, 0.5) is 4.39 Å². The molecule has 16 heavy (non-hydrogen) atoms. The molecule has 1 nitrogen and oxygen atoms in total. The maximum Gasteiger partial charge on any atom is 0.132 e. The first kappa shape index (κ1) is 11.3. The third-order valence-electron chi connectivity index (χ3n) is 2.48. The Labute approximate surface area is 98.9 Å². The van der Waals surface area contributed by atoms with Gasteiger partial charge in [0.05, 0.1) is 0 Å². The topological polar surface area (TPSA) is 12.0 Å². The Kier molecular flexibility index (Phi) is 3.36. The van der Waals surface area contributed by atoms with E-state index in [2.05, 4.69) is 5.32 Å². The van der Waals surface area contributed by atoms with Crippen LogP contribution in [-0.2, 0) is 6.54 Å². The normalized spacial score (nSPS) is 10.7. The summed E-state index contributed by atoms with van der Waals surface area (Å²) >= 11 is 1.64. The summed E-state index contributed by atoms with van der Waals surface area (Å²) in [6.45, 7) is 2.77. The van der Waals surface area contributed by atoms with Crippen molar-refractivity contribution in [3.63, 3.8) is 0 Å². The fraction of sp³-hybridized carbons (Fsp3) is 0.231. The summed E-state index contributed by atoms with van der Waals surface area (Å²) in [5, 5.41) is 3.09. The van der Waals surface area contributed by atoms with Crippen molar-refractivity contribution in [1.29, 1.82) is 0 Å². The highest BCUT2D eigenvalue weighted by Crippen LogP contribution is 2.32. The van der Waals surface area contributed by atoms with Gasteiger partial charge < -0.3 is 5.32 Å². The van der Waals surface area contributed by atoms with Crippen LogP contribution >= 0.6 is 11.3 Å². The first-order chi connectivity index (χ1) is 7.72. The third kappa shape index (κ3) is 2.15. The van der Waals surface area contributed by atoms with Gasteiger partial charge in [0, 0.05) is 21.9 Å². The number of rotatable bonds is 3. The molecule has 3 heteroatoms. The van der Waals surface area contributed by atoms with Gasteiger partial charge in [-0.1, -0.05) is 12.1 Å². The molecule has 0 radical (unpaired) electrons. The Hall–Kier alpha value is -1.19. The van der Waals surface area contributed by atoms with Crippen LogP contribution in [0.25, 0.3) is 10.4 Å². The molecule has 2 rings (SSSR count). The van der Waals surface area contributed by atoms with Gasteiger partial charge in [0.15, 0.2) is 0 Å². The molecule has 84 valence electrons. The largest absolute Gasteiger partial charge is 0.315 e. The number of benzene rings is 1. The molecule has 0 aliphatic heterocycles. The molecule has 0 amide bonds. The van der Waals surface area contributed by atoms with E-state index in [9.17, 15) is 4.39 Å². The van der Waals surface area contributed by atoms with E-state index in [1.54, 1.807) is 17.4 Å². The SMILES string of the molecule is CNCc1ccc(-c2c(C)cccc2F)s1. The summed E-state index contributed by atoms with van der Waals surface area (Å²) in [7, 11) is 1.91. The van der Waals surface area contributed by atoms with E-state index < -0.39 is 0 Å². The molecule has 1 heterocycles. The maximum atomic E-state index is 13.7. The van der Waals surface area contributed by atoms with Gasteiger partial charge in [0.1, 0.15) is 5.82 Å². The lowest BCUT2D eigenvalue weighted by Crippen LogP contribution is -2.02. The van der Waals surface area contributed by atoms with Crippen LogP contribution < -0.4 is 5.32 Å². The number of thiophene rings is 1. The fourth-order valence-corrected chi connectivity index (χ4v) is 2.86. The summed E-state index contributed by atoms with van der Waals surface area (Å²) in [5.74, 6) is -0.141. The molecule has 0 unspecified atom stereocenters. The highest BCUT2D eigenvalue weighted by Gasteiger charge is 2.10. The van der Waals surface area contributed by atoms with Gasteiger partial charge in [-0.25, -0.2) is 4.39 Å². The molecule has 0 saturated heterocycles. The van der Waals surface area contributed by atoms with Crippen LogP contribution in [0.15, 0.2) is 30.3 Å². The molecule has 1 aromatic carbocycles. The van der Waals surface area contributed by atoms with Crippen LogP contribution in [0, 0.1) is 12.7 Å². The van der Waals surface area contributed by atoms with Crippen LogP contribution in [0.1, 0.15) is 10.4 Å². The monoisotopic (exact) mass is 235 g/mol. The van der Waals surface area contributed by atoms with E-state index in [1.165, 1.54) is 10.9 Å². The van der Waals surface area contributed by atoms with Gasteiger partial charge in [-0.15, -0.1) is 11.3 Å². The first-order valence-electron chi connectivity index (χ1n) is 5.21. The minimum absolute atomic E-state index is 0.141. The fourth-order valence-electron chi connectivity index (χ4n) is 1.73. The average molecular weight is 235 g/mol. The number of hydrogen-bond acceptors (Lipinski definition) is 2. The molecule has 0 bridgehead atoms. The maximum absolute atomic E-state index is 13.7. The van der Waals surface area contributed by atoms with Gasteiger partial charge in [-0.3, -0.25) is 0 Å². The molecule has 0 atom stereocenters. The van der Waals surface area contributed by atoms with Crippen molar-refractivity contribution in [1.82, 2.24) is 5.32 Å². The second-order valence-corrected chi connectivity index (χ2v) is 4.90. The van der Waals surface area contributed by atoms with Crippen molar-refractivity contribution in [3.05, 3.63) is 46.6 Å². The molecule has 1 aromatic heterocycles. The summed E-state index contributed by atoms with van der Waals surface area (Å²) < 4.78 is 13.7. The van der Waals surface area contributed by atoms with E-state index in [-0.39, 0.29) is 5.82 Å². The quantitative estimate of drug-likeness (QED) is 0.857. The highest BCUT2D eigenvalue weighted by atomic mass is 32.1. The number of halogens is 1. The van der Waals surface area contributed by atoms with Crippen molar-refractivity contribution in [3.8, 4) is 10.4 Å². The molecule has 2 aromatic rings. The van der Waals surface area contributed by atoms with Crippen molar-refractivity contribution < 1.29 is 4.39 Å². The zero-order chi connectivity index (χ0) is 11.5. The summed E-state index contributed by atoms with van der Waals surface area (Å²) in [6, 6.07) is 9.23. The molecule has 0 saturated carbocycles. The lowest BCUT2D eigenvalue weighted by molar-refractivity contribution is 0.630. The zero-order valence-electron chi connectivity index (χ0n) is 9.38. The Bertz CT molecular complexity index is 470. The molecule has 0 fully saturated rings. The Balaban J connectivity index is 2.42. The van der Waals surface area contributed by atoms with E-state index in [1.807, 2.05) is 32.2 Å². The van der Waals surface area contributed by atoms with Crippen LogP contribution in [0.3, 0.4) is 0 Å². The van der Waals surface area contributed by atoms with Gasteiger partial charge in [0.2, 0.25) is 0 Å². The van der Waals surface area contributed by atoms with Crippen molar-refractivity contribution >= 4 is 11.3 Å². The Morgan fingerprint density at radius 1 is 1.25 bits per heavy atom. The number of aryl methyl sites for hydroxylation is 1. The molecular formula is C13H14FNS. The highest BCUT2D eigenvalue weighted by molar-refractivity contribution is 7.15. The van der Waals surface area contributed by atoms with Crippen molar-refractivity contribution in [2.75, 3.05) is 7.05 Å². The number of nitrogens with one attached hydrogen (secondary N) is 1. The average Bonchev–Trinajstić information content (AvgIpc) is 2.67. The summed E-state index contributed by atoms with van der Waals surface area (Å²) in [5.41, 5.74) is 1.72. The minimum Gasteiger partial charge on any atom is -0.315 e. The molecule has 0 aliphatic carbocycles. The Morgan fingerprint density at radius 2 is 2.06 bits per heavy atom. The Morgan fingerprint density at radius 3 is 2.75 bits per heavy atom. The smallest absolute Gasteiger partial charge is 0.132 e. The summed E-state index contributed by atoms with van der Waals surface area (Å²) in [4.78, 5) is 2.22. The minimum atomic E-state index is -0.141. The van der Waals surface area contributed by atoms with Gasteiger partial charge in [0.25, 0.3) is 0 Å². The van der Waals surface area contributed by atoms with Gasteiger partial charge in [-0.2, -0.15) is 0 Å². The standard InChI is InChI=1S/C13H14FNS/c1-9-4-3-5-11(14)13(9)12-7-6-10(16-12)8-15-2/h3-7,15H,8H2,1-2H3. The van der Waals surface area contributed by atoms with Gasteiger partial charge in [-0.05, 0) is 37.7 Å². The van der Waals surface area contributed by atoms with Crippen molar-refractivity contribution in [2.45, 2.75) is 13.5 Å². The van der Waals surface area contributed by atoms with Crippen LogP contribution in [0.2, 0.25) is 0 Å². The lowest BCUT2D eigenvalue weighted by Gasteiger charge is -2.04. The predicted octanol–water partition coefficient (Wildman–Crippen LogP) is 3.58. The van der Waals surface area contributed by atoms with E-state index in [0.29, 0.717) is 0 Å². The van der Waals surface area contributed by atoms with Crippen LogP contribution in [-0.4, -0.2) is 7.05 Å². The van der Waals surface area contributed by atoms with Crippen LogP contribution in [0.5, 0.6) is 0 Å². The van der Waals surface area contributed by atoms with E-state index in [4.69, 9.17) is 0 Å². The molecule has 0 aliphatic rings. The third-order valence-corrected chi connectivity index (χ3v) is 3.58. The summed E-state index contributed by atoms with van der Waals surface area (Å²) in [6.07, 6.45) is 0. The molecular weight excluding hydrogens is 221 g/mol. The lowest BCUT2D eigenvalue weighted by atomic mass is 10.1. The second kappa shape index (κ2) is 4.76. The van der Waals surface area contributed by atoms with Gasteiger partial charge >= 0.3 is 0 Å². The van der Waals surface area contributed by atoms with E-state index in [0.717, 1.165) is 22.5 Å². The first-order valence-corrected chi connectivity index (χ1v) is 6.03. The zero-order valence-corrected chi connectivity index (χ0v) is 10.2.